The van der Waals surface area contributed by atoms with Gasteiger partial charge in [0.25, 0.3) is 0 Å². The molecule has 0 aliphatic carbocycles. The maximum Gasteiger partial charge on any atom is 0.229 e. The molecule has 4 rings (SSSR count). The standard InChI is InChI=1S/C15H12N3/c1-2-7-14-13(6-1)16-15-9-8-12-5-3-4-10-17(12)11-18(14)15/h1-10H,11H2/q+1. The van der Waals surface area contributed by atoms with Crippen molar-refractivity contribution in [2.45, 2.75) is 6.67 Å². The average molecular weight is 234 g/mol. The summed E-state index contributed by atoms with van der Waals surface area (Å²) in [7, 11) is 0. The third-order valence-corrected chi connectivity index (χ3v) is 3.36. The lowest BCUT2D eigenvalue weighted by atomic mass is 10.3. The van der Waals surface area contributed by atoms with Crippen LogP contribution in [0.5, 0.6) is 0 Å². The average Bonchev–Trinajstić information content (AvgIpc) is 2.65. The van der Waals surface area contributed by atoms with Crippen LogP contribution in [0.15, 0.2) is 48.7 Å². The van der Waals surface area contributed by atoms with E-state index >= 15 is 0 Å². The Kier molecular flexibility index (Phi) is 1.88. The second kappa shape index (κ2) is 3.53. The van der Waals surface area contributed by atoms with E-state index in [1.165, 1.54) is 11.2 Å². The molecule has 0 atom stereocenters. The van der Waals surface area contributed by atoms with Crippen molar-refractivity contribution in [1.29, 1.82) is 0 Å². The van der Waals surface area contributed by atoms with Crippen LogP contribution in [0.2, 0.25) is 0 Å². The van der Waals surface area contributed by atoms with Crippen molar-refractivity contribution in [1.82, 2.24) is 9.55 Å². The number of nitrogens with zero attached hydrogens (tertiary/aromatic N) is 3. The molecule has 0 radical (unpaired) electrons. The number of pyridine rings is 1. The number of hydrogen-bond donors (Lipinski definition) is 0. The van der Waals surface area contributed by atoms with Gasteiger partial charge < -0.3 is 0 Å². The summed E-state index contributed by atoms with van der Waals surface area (Å²) in [4.78, 5) is 4.66. The van der Waals surface area contributed by atoms with Gasteiger partial charge in [-0.05, 0) is 24.3 Å². The highest BCUT2D eigenvalue weighted by molar-refractivity contribution is 5.79. The summed E-state index contributed by atoms with van der Waals surface area (Å²) >= 11 is 0. The lowest BCUT2D eigenvalue weighted by molar-refractivity contribution is -0.702. The summed E-state index contributed by atoms with van der Waals surface area (Å²) < 4.78 is 4.46. The summed E-state index contributed by atoms with van der Waals surface area (Å²) in [6.45, 7) is 0.805. The van der Waals surface area contributed by atoms with E-state index < -0.39 is 0 Å². The third-order valence-electron chi connectivity index (χ3n) is 3.36. The minimum atomic E-state index is 0.805. The zero-order chi connectivity index (χ0) is 11.9. The van der Waals surface area contributed by atoms with Crippen molar-refractivity contribution in [3.63, 3.8) is 0 Å². The van der Waals surface area contributed by atoms with Crippen LogP contribution in [0, 0.1) is 0 Å². The van der Waals surface area contributed by atoms with Gasteiger partial charge in [-0.25, -0.2) is 4.98 Å². The van der Waals surface area contributed by atoms with Gasteiger partial charge in [0.2, 0.25) is 12.4 Å². The fraction of sp³-hybridized carbons (Fsp3) is 0.0667. The largest absolute Gasteiger partial charge is 0.267 e. The second-order valence-electron chi connectivity index (χ2n) is 4.46. The molecule has 1 aromatic carbocycles. The first-order valence-electron chi connectivity index (χ1n) is 6.04. The van der Waals surface area contributed by atoms with Gasteiger partial charge in [-0.2, -0.15) is 4.57 Å². The van der Waals surface area contributed by atoms with E-state index in [-0.39, 0.29) is 0 Å². The molecule has 3 heterocycles. The molecule has 0 bridgehead atoms. The maximum atomic E-state index is 4.66. The summed E-state index contributed by atoms with van der Waals surface area (Å²) in [6, 6.07) is 14.5. The van der Waals surface area contributed by atoms with Crippen LogP contribution < -0.4 is 4.57 Å². The number of fused-ring (bicyclic) bond motifs is 4. The lowest BCUT2D eigenvalue weighted by Crippen LogP contribution is -2.39. The van der Waals surface area contributed by atoms with Gasteiger partial charge >= 0.3 is 0 Å². The van der Waals surface area contributed by atoms with E-state index in [4.69, 9.17) is 0 Å². The van der Waals surface area contributed by atoms with Crippen molar-refractivity contribution in [3.8, 4) is 0 Å². The van der Waals surface area contributed by atoms with Gasteiger partial charge in [0.1, 0.15) is 5.82 Å². The molecule has 18 heavy (non-hydrogen) atoms. The Hall–Kier alpha value is -2.42. The Balaban J connectivity index is 2.01. The SMILES string of the molecule is C1=Cc2cccc[n+]2Cn2c1nc1ccccc12. The summed E-state index contributed by atoms with van der Waals surface area (Å²) in [6.07, 6.45) is 6.30. The number of para-hydroxylation sites is 2. The van der Waals surface area contributed by atoms with Crippen LogP contribution in [0.25, 0.3) is 23.2 Å². The first kappa shape index (κ1) is 9.59. The molecule has 1 aliphatic rings. The normalized spacial score (nSPS) is 13.1. The highest BCUT2D eigenvalue weighted by atomic mass is 15.2. The van der Waals surface area contributed by atoms with Gasteiger partial charge in [0.15, 0.2) is 6.20 Å². The smallest absolute Gasteiger partial charge is 0.229 e. The monoisotopic (exact) mass is 234 g/mol. The molecule has 1 aliphatic heterocycles. The number of hydrogen-bond acceptors (Lipinski definition) is 1. The van der Waals surface area contributed by atoms with E-state index in [1.807, 2.05) is 6.07 Å². The molecule has 3 aromatic rings. The first-order chi connectivity index (χ1) is 8.92. The highest BCUT2D eigenvalue weighted by Gasteiger charge is 2.16. The molecule has 3 nitrogen and oxygen atoms in total. The van der Waals surface area contributed by atoms with Crippen LogP contribution >= 0.6 is 0 Å². The number of benzene rings is 1. The Morgan fingerprint density at radius 2 is 1.89 bits per heavy atom. The van der Waals surface area contributed by atoms with Crippen LogP contribution in [0.1, 0.15) is 11.5 Å². The van der Waals surface area contributed by atoms with Gasteiger partial charge in [0.05, 0.1) is 11.0 Å². The van der Waals surface area contributed by atoms with Gasteiger partial charge in [-0.1, -0.05) is 12.1 Å². The topological polar surface area (TPSA) is 21.7 Å². The Morgan fingerprint density at radius 3 is 2.89 bits per heavy atom. The Bertz CT molecular complexity index is 768. The summed E-state index contributed by atoms with van der Waals surface area (Å²) in [5.74, 6) is 1.01. The molecule has 2 aromatic heterocycles. The predicted molar refractivity (Wildman–Crippen MR) is 70.7 cm³/mol. The van der Waals surface area contributed by atoms with Crippen molar-refractivity contribution < 1.29 is 4.57 Å². The highest BCUT2D eigenvalue weighted by Crippen LogP contribution is 2.18. The van der Waals surface area contributed by atoms with E-state index in [9.17, 15) is 0 Å². The van der Waals surface area contributed by atoms with Crippen LogP contribution in [0.3, 0.4) is 0 Å². The van der Waals surface area contributed by atoms with Crippen LogP contribution in [0.4, 0.5) is 0 Å². The molecule has 0 saturated heterocycles. The minimum absolute atomic E-state index is 0.805. The van der Waals surface area contributed by atoms with Crippen molar-refractivity contribution in [3.05, 3.63) is 60.2 Å². The van der Waals surface area contributed by atoms with Crippen molar-refractivity contribution >= 4 is 23.2 Å². The molecule has 3 heteroatoms. The Morgan fingerprint density at radius 1 is 1.00 bits per heavy atom. The van der Waals surface area contributed by atoms with Crippen molar-refractivity contribution in [2.24, 2.45) is 0 Å². The summed E-state index contributed by atoms with van der Waals surface area (Å²) in [5.41, 5.74) is 3.44. The fourth-order valence-electron chi connectivity index (χ4n) is 2.45. The summed E-state index contributed by atoms with van der Waals surface area (Å²) in [5, 5.41) is 0. The maximum absolute atomic E-state index is 4.66. The zero-order valence-corrected chi connectivity index (χ0v) is 9.82. The fourth-order valence-corrected chi connectivity index (χ4v) is 2.45. The van der Waals surface area contributed by atoms with Crippen molar-refractivity contribution in [2.75, 3.05) is 0 Å². The van der Waals surface area contributed by atoms with Gasteiger partial charge in [0, 0.05) is 18.2 Å². The Labute approximate surface area is 105 Å². The predicted octanol–water partition coefficient (Wildman–Crippen LogP) is 2.31. The molecule has 0 saturated carbocycles. The number of imidazole rings is 1. The molecular weight excluding hydrogens is 222 g/mol. The van der Waals surface area contributed by atoms with E-state index in [0.29, 0.717) is 0 Å². The lowest BCUT2D eigenvalue weighted by Gasteiger charge is -2.02. The van der Waals surface area contributed by atoms with Gasteiger partial charge in [-0.3, -0.25) is 4.57 Å². The van der Waals surface area contributed by atoms with E-state index in [2.05, 4.69) is 68.9 Å². The molecule has 86 valence electrons. The molecular formula is C15H12N3+. The second-order valence-corrected chi connectivity index (χ2v) is 4.46. The third kappa shape index (κ3) is 1.31. The molecule has 0 spiro atoms. The molecule has 0 N–H and O–H groups in total. The quantitative estimate of drug-likeness (QED) is 0.428. The minimum Gasteiger partial charge on any atom is -0.267 e. The van der Waals surface area contributed by atoms with E-state index in [0.717, 1.165) is 18.0 Å². The number of aromatic nitrogens is 3. The van der Waals surface area contributed by atoms with E-state index in [1.54, 1.807) is 0 Å². The molecule has 0 fully saturated rings. The van der Waals surface area contributed by atoms with Crippen LogP contribution in [-0.4, -0.2) is 9.55 Å². The number of rotatable bonds is 0. The zero-order valence-electron chi connectivity index (χ0n) is 9.82. The van der Waals surface area contributed by atoms with Gasteiger partial charge in [-0.15, -0.1) is 0 Å². The molecule has 0 amide bonds. The first-order valence-corrected chi connectivity index (χ1v) is 6.04. The molecule has 0 unspecified atom stereocenters. The van der Waals surface area contributed by atoms with Crippen LogP contribution in [-0.2, 0) is 6.67 Å².